The number of rotatable bonds is 3. The van der Waals surface area contributed by atoms with Crippen LogP contribution in [0.5, 0.6) is 0 Å². The molecule has 0 unspecified atom stereocenters. The molecule has 0 aromatic heterocycles. The standard InChI is InChI=1S/C8H15NO2/c1-5-2-6(3-5)4-7(9)8(10)11/h5-7H,2-4,9H2,1H3,(H,10,11)/t5?,6?,7-/m1/s1. The Morgan fingerprint density at radius 1 is 1.73 bits per heavy atom. The number of carboxylic acids is 1. The molecule has 0 saturated heterocycles. The molecule has 3 heteroatoms. The molecule has 3 N–H and O–H groups in total. The predicted molar refractivity (Wildman–Crippen MR) is 42.1 cm³/mol. The van der Waals surface area contributed by atoms with Gasteiger partial charge in [0.2, 0.25) is 0 Å². The van der Waals surface area contributed by atoms with E-state index < -0.39 is 12.0 Å². The van der Waals surface area contributed by atoms with Gasteiger partial charge in [-0.05, 0) is 31.1 Å². The molecule has 0 aromatic carbocycles. The number of carboxylic acid groups (broad SMARTS) is 1. The summed E-state index contributed by atoms with van der Waals surface area (Å²) in [4.78, 5) is 10.3. The molecule has 0 radical (unpaired) electrons. The van der Waals surface area contributed by atoms with Crippen molar-refractivity contribution in [3.63, 3.8) is 0 Å². The van der Waals surface area contributed by atoms with Gasteiger partial charge in [-0.25, -0.2) is 0 Å². The smallest absolute Gasteiger partial charge is 0.320 e. The lowest BCUT2D eigenvalue weighted by molar-refractivity contribution is -0.139. The summed E-state index contributed by atoms with van der Waals surface area (Å²) in [7, 11) is 0. The van der Waals surface area contributed by atoms with Crippen molar-refractivity contribution < 1.29 is 9.90 Å². The summed E-state index contributed by atoms with van der Waals surface area (Å²) >= 11 is 0. The number of hydrogen-bond donors (Lipinski definition) is 2. The van der Waals surface area contributed by atoms with E-state index in [1.54, 1.807) is 0 Å². The fourth-order valence-electron chi connectivity index (χ4n) is 1.72. The Kier molecular flexibility index (Phi) is 2.49. The average Bonchev–Trinajstić information content (AvgIpc) is 1.84. The van der Waals surface area contributed by atoms with Gasteiger partial charge in [0.05, 0.1) is 0 Å². The highest BCUT2D eigenvalue weighted by molar-refractivity contribution is 5.73. The van der Waals surface area contributed by atoms with E-state index in [9.17, 15) is 4.79 Å². The monoisotopic (exact) mass is 157 g/mol. The third-order valence-corrected chi connectivity index (χ3v) is 2.38. The summed E-state index contributed by atoms with van der Waals surface area (Å²) in [5.74, 6) is 0.474. The van der Waals surface area contributed by atoms with Crippen LogP contribution in [-0.2, 0) is 4.79 Å². The van der Waals surface area contributed by atoms with Crippen molar-refractivity contribution in [2.45, 2.75) is 32.2 Å². The van der Waals surface area contributed by atoms with Crippen LogP contribution < -0.4 is 5.73 Å². The Bertz CT molecular complexity index is 152. The van der Waals surface area contributed by atoms with Crippen LogP contribution in [0.4, 0.5) is 0 Å². The molecule has 1 atom stereocenters. The molecular weight excluding hydrogens is 142 g/mol. The molecule has 1 aliphatic rings. The first-order valence-electron chi connectivity index (χ1n) is 4.08. The van der Waals surface area contributed by atoms with Gasteiger partial charge in [-0.15, -0.1) is 0 Å². The number of hydrogen-bond acceptors (Lipinski definition) is 2. The Balaban J connectivity index is 2.16. The van der Waals surface area contributed by atoms with E-state index in [2.05, 4.69) is 6.92 Å². The van der Waals surface area contributed by atoms with Gasteiger partial charge in [0, 0.05) is 0 Å². The molecule has 0 spiro atoms. The molecule has 0 aromatic rings. The van der Waals surface area contributed by atoms with Gasteiger partial charge in [-0.3, -0.25) is 4.79 Å². The molecule has 0 aliphatic heterocycles. The SMILES string of the molecule is CC1CC(C[C@@H](N)C(=O)O)C1. The van der Waals surface area contributed by atoms with Crippen LogP contribution >= 0.6 is 0 Å². The van der Waals surface area contributed by atoms with Crippen LogP contribution in [0.2, 0.25) is 0 Å². The van der Waals surface area contributed by atoms with E-state index >= 15 is 0 Å². The first-order chi connectivity index (χ1) is 5.09. The number of carbonyl (C=O) groups is 1. The van der Waals surface area contributed by atoms with Crippen molar-refractivity contribution in [1.29, 1.82) is 0 Å². The van der Waals surface area contributed by atoms with Crippen molar-refractivity contribution in [3.8, 4) is 0 Å². The minimum absolute atomic E-state index is 0.566. The van der Waals surface area contributed by atoms with Crippen LogP contribution in [0.1, 0.15) is 26.2 Å². The van der Waals surface area contributed by atoms with E-state index in [0.29, 0.717) is 12.3 Å². The zero-order valence-electron chi connectivity index (χ0n) is 6.79. The Hall–Kier alpha value is -0.570. The summed E-state index contributed by atoms with van der Waals surface area (Å²) in [5.41, 5.74) is 5.37. The lowest BCUT2D eigenvalue weighted by Gasteiger charge is -2.33. The summed E-state index contributed by atoms with van der Waals surface area (Å²) in [5, 5.41) is 8.49. The van der Waals surface area contributed by atoms with Gasteiger partial charge in [0.1, 0.15) is 6.04 Å². The molecule has 0 bridgehead atoms. The van der Waals surface area contributed by atoms with Gasteiger partial charge < -0.3 is 10.8 Å². The molecular formula is C8H15NO2. The Labute approximate surface area is 66.6 Å². The summed E-state index contributed by atoms with van der Waals surface area (Å²) < 4.78 is 0. The fourth-order valence-corrected chi connectivity index (χ4v) is 1.72. The molecule has 1 rings (SSSR count). The van der Waals surface area contributed by atoms with Crippen LogP contribution in [0.25, 0.3) is 0 Å². The van der Waals surface area contributed by atoms with Crippen LogP contribution in [-0.4, -0.2) is 17.1 Å². The highest BCUT2D eigenvalue weighted by Gasteiger charge is 2.28. The molecule has 1 fully saturated rings. The highest BCUT2D eigenvalue weighted by Crippen LogP contribution is 2.35. The maximum Gasteiger partial charge on any atom is 0.320 e. The fraction of sp³-hybridized carbons (Fsp3) is 0.875. The maximum absolute atomic E-state index is 10.3. The second-order valence-electron chi connectivity index (χ2n) is 3.62. The van der Waals surface area contributed by atoms with E-state index in [-0.39, 0.29) is 0 Å². The lowest BCUT2D eigenvalue weighted by Crippen LogP contribution is -2.35. The van der Waals surface area contributed by atoms with Crippen LogP contribution in [0.15, 0.2) is 0 Å². The van der Waals surface area contributed by atoms with Gasteiger partial charge >= 0.3 is 5.97 Å². The number of nitrogens with two attached hydrogens (primary N) is 1. The minimum Gasteiger partial charge on any atom is -0.480 e. The van der Waals surface area contributed by atoms with E-state index in [0.717, 1.165) is 18.8 Å². The van der Waals surface area contributed by atoms with Crippen molar-refractivity contribution >= 4 is 5.97 Å². The first-order valence-corrected chi connectivity index (χ1v) is 4.08. The normalized spacial score (nSPS) is 32.5. The topological polar surface area (TPSA) is 63.3 Å². The van der Waals surface area contributed by atoms with Gasteiger partial charge in [0.15, 0.2) is 0 Å². The Morgan fingerprint density at radius 2 is 2.27 bits per heavy atom. The van der Waals surface area contributed by atoms with E-state index in [1.807, 2.05) is 0 Å². The molecule has 0 heterocycles. The summed E-state index contributed by atoms with van der Waals surface area (Å²) in [6.07, 6.45) is 2.96. The third-order valence-electron chi connectivity index (χ3n) is 2.38. The molecule has 64 valence electrons. The van der Waals surface area contributed by atoms with Crippen molar-refractivity contribution in [1.82, 2.24) is 0 Å². The predicted octanol–water partition coefficient (Wildman–Crippen LogP) is 0.834. The quantitative estimate of drug-likeness (QED) is 0.638. The zero-order valence-corrected chi connectivity index (χ0v) is 6.79. The molecule has 1 saturated carbocycles. The lowest BCUT2D eigenvalue weighted by atomic mass is 9.73. The highest BCUT2D eigenvalue weighted by atomic mass is 16.4. The van der Waals surface area contributed by atoms with Gasteiger partial charge in [-0.2, -0.15) is 0 Å². The number of aliphatic carboxylic acids is 1. The molecule has 11 heavy (non-hydrogen) atoms. The average molecular weight is 157 g/mol. The van der Waals surface area contributed by atoms with Crippen molar-refractivity contribution in [2.75, 3.05) is 0 Å². The van der Waals surface area contributed by atoms with E-state index in [1.165, 1.54) is 0 Å². The second kappa shape index (κ2) is 3.22. The minimum atomic E-state index is -0.871. The van der Waals surface area contributed by atoms with E-state index in [4.69, 9.17) is 10.8 Å². The second-order valence-corrected chi connectivity index (χ2v) is 3.62. The van der Waals surface area contributed by atoms with Gasteiger partial charge in [-0.1, -0.05) is 6.92 Å². The Morgan fingerprint density at radius 3 is 2.64 bits per heavy atom. The third kappa shape index (κ3) is 2.19. The maximum atomic E-state index is 10.3. The molecule has 0 amide bonds. The van der Waals surface area contributed by atoms with Crippen molar-refractivity contribution in [3.05, 3.63) is 0 Å². The van der Waals surface area contributed by atoms with Crippen LogP contribution in [0.3, 0.4) is 0 Å². The van der Waals surface area contributed by atoms with Crippen LogP contribution in [0, 0.1) is 11.8 Å². The van der Waals surface area contributed by atoms with Gasteiger partial charge in [0.25, 0.3) is 0 Å². The summed E-state index contributed by atoms with van der Waals surface area (Å²) in [6.45, 7) is 2.18. The zero-order chi connectivity index (χ0) is 8.43. The summed E-state index contributed by atoms with van der Waals surface area (Å²) in [6, 6.07) is -0.646. The largest absolute Gasteiger partial charge is 0.480 e. The first kappa shape index (κ1) is 8.53. The molecule has 1 aliphatic carbocycles. The molecule has 3 nitrogen and oxygen atoms in total. The van der Waals surface area contributed by atoms with Crippen molar-refractivity contribution in [2.24, 2.45) is 17.6 Å².